The summed E-state index contributed by atoms with van der Waals surface area (Å²) in [5, 5.41) is 0. The van der Waals surface area contributed by atoms with Crippen LogP contribution in [-0.2, 0) is 27.6 Å². The van der Waals surface area contributed by atoms with Crippen molar-refractivity contribution in [3.8, 4) is 0 Å². The van der Waals surface area contributed by atoms with Crippen molar-refractivity contribution in [1.29, 1.82) is 0 Å². The molecule has 5 nitrogen and oxygen atoms in total. The molecule has 0 spiro atoms. The second-order valence-corrected chi connectivity index (χ2v) is 5.46. The highest BCUT2D eigenvalue weighted by Crippen LogP contribution is 2.27. The summed E-state index contributed by atoms with van der Waals surface area (Å²) in [6.07, 6.45) is 0. The minimum atomic E-state index is -3.58. The first-order valence-corrected chi connectivity index (χ1v) is 6.34. The van der Waals surface area contributed by atoms with Crippen molar-refractivity contribution in [2.45, 2.75) is 16.3 Å². The summed E-state index contributed by atoms with van der Waals surface area (Å²) < 4.78 is 44.9. The van der Waals surface area contributed by atoms with E-state index in [-0.39, 0.29) is 16.3 Å². The molecule has 7 heteroatoms. The predicted molar refractivity (Wildman–Crippen MR) is 49.5 cm³/mol. The van der Waals surface area contributed by atoms with Gasteiger partial charge >= 0.3 is 0 Å². The Morgan fingerprint density at radius 1 is 1.43 bits per heavy atom. The van der Waals surface area contributed by atoms with E-state index < -0.39 is 21.1 Å². The fourth-order valence-electron chi connectivity index (χ4n) is 1.39. The third-order valence-corrected chi connectivity index (χ3v) is 4.36. The summed E-state index contributed by atoms with van der Waals surface area (Å²) >= 11 is -2.28. The third-order valence-electron chi connectivity index (χ3n) is 1.97. The number of fused-ring (bicyclic) bond motifs is 1. The molecule has 0 fully saturated rings. The molecule has 0 aliphatic carbocycles. The summed E-state index contributed by atoms with van der Waals surface area (Å²) in [5.41, 5.74) is 0.532. The van der Waals surface area contributed by atoms with Crippen molar-refractivity contribution in [1.82, 2.24) is 4.72 Å². The minimum Gasteiger partial charge on any atom is -0.302 e. The lowest BCUT2D eigenvalue weighted by atomic mass is 10.2. The molecule has 76 valence electrons. The first-order chi connectivity index (χ1) is 6.52. The van der Waals surface area contributed by atoms with Gasteiger partial charge in [-0.25, -0.2) is 17.3 Å². The molecule has 1 aromatic rings. The van der Waals surface area contributed by atoms with E-state index in [1.807, 2.05) is 0 Å². The summed E-state index contributed by atoms with van der Waals surface area (Å²) in [5.74, 6) is 0. The highest BCUT2D eigenvalue weighted by atomic mass is 32.2. The summed E-state index contributed by atoms with van der Waals surface area (Å²) in [7, 11) is -3.58. The quantitative estimate of drug-likeness (QED) is 0.672. The molecule has 1 unspecified atom stereocenters. The molecule has 1 aromatic carbocycles. The van der Waals surface area contributed by atoms with Gasteiger partial charge in [-0.15, -0.1) is 0 Å². The van der Waals surface area contributed by atoms with Gasteiger partial charge in [-0.3, -0.25) is 0 Å². The molecule has 0 saturated carbocycles. The zero-order chi connectivity index (χ0) is 10.3. The number of hydrogen-bond acceptors (Lipinski definition) is 3. The van der Waals surface area contributed by atoms with Gasteiger partial charge in [0.25, 0.3) is 0 Å². The lowest BCUT2D eigenvalue weighted by molar-refractivity contribution is 0.558. The predicted octanol–water partition coefficient (Wildman–Crippen LogP) is 0.0591. The van der Waals surface area contributed by atoms with E-state index in [0.717, 1.165) is 0 Å². The van der Waals surface area contributed by atoms with Crippen LogP contribution in [0.4, 0.5) is 0 Å². The van der Waals surface area contributed by atoms with E-state index in [1.54, 1.807) is 12.1 Å². The number of sulfonamides is 1. The average Bonchev–Trinajstić information content (AvgIpc) is 2.43. The maximum atomic E-state index is 11.4. The molecule has 0 aromatic heterocycles. The van der Waals surface area contributed by atoms with Crippen LogP contribution in [-0.4, -0.2) is 17.2 Å². The molecule has 2 rings (SSSR count). The number of rotatable bonds is 1. The fraction of sp³-hybridized carbons (Fsp3) is 0.143. The Morgan fingerprint density at radius 2 is 2.14 bits per heavy atom. The first-order valence-electron chi connectivity index (χ1n) is 3.75. The summed E-state index contributed by atoms with van der Waals surface area (Å²) in [6.45, 7) is 0.183. The Hall–Kier alpha value is -0.760. The Labute approximate surface area is 83.5 Å². The van der Waals surface area contributed by atoms with Crippen LogP contribution >= 0.6 is 0 Å². The van der Waals surface area contributed by atoms with E-state index in [0.29, 0.717) is 5.56 Å². The van der Waals surface area contributed by atoms with Crippen molar-refractivity contribution >= 4 is 21.1 Å². The first kappa shape index (κ1) is 9.78. The summed E-state index contributed by atoms with van der Waals surface area (Å²) in [6, 6.07) is 4.51. The fourth-order valence-corrected chi connectivity index (χ4v) is 3.72. The average molecular weight is 233 g/mol. The zero-order valence-electron chi connectivity index (χ0n) is 6.93. The largest absolute Gasteiger partial charge is 0.302 e. The van der Waals surface area contributed by atoms with Gasteiger partial charge in [0.2, 0.25) is 10.0 Å². The Kier molecular flexibility index (Phi) is 2.18. The second-order valence-electron chi connectivity index (χ2n) is 2.82. The standard InChI is InChI=1S/C7H7NO4S2/c9-13(10)6-3-1-2-5-4-8-14(11,12)7(5)6/h1-3,8H,4H2,(H,9,10). The van der Waals surface area contributed by atoms with Gasteiger partial charge in [-0.05, 0) is 11.6 Å². The molecule has 0 bridgehead atoms. The molecular formula is C7H7NO4S2. The molecule has 2 N–H and O–H groups in total. The zero-order valence-corrected chi connectivity index (χ0v) is 8.56. The van der Waals surface area contributed by atoms with E-state index in [4.69, 9.17) is 4.55 Å². The van der Waals surface area contributed by atoms with Crippen LogP contribution in [0.1, 0.15) is 5.56 Å². The van der Waals surface area contributed by atoms with Crippen LogP contribution in [0.15, 0.2) is 28.0 Å². The van der Waals surface area contributed by atoms with E-state index >= 15 is 0 Å². The van der Waals surface area contributed by atoms with Gasteiger partial charge in [-0.1, -0.05) is 12.1 Å². The maximum absolute atomic E-state index is 11.4. The van der Waals surface area contributed by atoms with Crippen LogP contribution in [0.25, 0.3) is 0 Å². The van der Waals surface area contributed by atoms with Crippen molar-refractivity contribution in [2.75, 3.05) is 0 Å². The normalized spacial score (nSPS) is 20.4. The lowest BCUT2D eigenvalue weighted by Gasteiger charge is -2.01. The molecule has 0 amide bonds. The van der Waals surface area contributed by atoms with Crippen LogP contribution in [0.3, 0.4) is 0 Å². The molecular weight excluding hydrogens is 226 g/mol. The van der Waals surface area contributed by atoms with Crippen molar-refractivity contribution in [2.24, 2.45) is 0 Å². The molecule has 1 atom stereocenters. The minimum absolute atomic E-state index is 0.0548. The third kappa shape index (κ3) is 1.38. The van der Waals surface area contributed by atoms with Gasteiger partial charge < -0.3 is 4.55 Å². The van der Waals surface area contributed by atoms with E-state index in [9.17, 15) is 12.6 Å². The van der Waals surface area contributed by atoms with E-state index in [2.05, 4.69) is 4.72 Å². The summed E-state index contributed by atoms with van der Waals surface area (Å²) in [4.78, 5) is -0.117. The monoisotopic (exact) mass is 233 g/mol. The van der Waals surface area contributed by atoms with Crippen molar-refractivity contribution < 1.29 is 17.2 Å². The Bertz CT molecular complexity index is 508. The Morgan fingerprint density at radius 3 is 2.79 bits per heavy atom. The lowest BCUT2D eigenvalue weighted by Crippen LogP contribution is -2.15. The van der Waals surface area contributed by atoms with Gasteiger partial charge in [0, 0.05) is 6.54 Å². The van der Waals surface area contributed by atoms with Crippen LogP contribution < -0.4 is 4.72 Å². The van der Waals surface area contributed by atoms with Gasteiger partial charge in [0.05, 0.1) is 4.90 Å². The number of benzene rings is 1. The van der Waals surface area contributed by atoms with Crippen LogP contribution in [0.5, 0.6) is 0 Å². The van der Waals surface area contributed by atoms with Gasteiger partial charge in [0.1, 0.15) is 4.90 Å². The molecule has 0 saturated heterocycles. The highest BCUT2D eigenvalue weighted by Gasteiger charge is 2.30. The van der Waals surface area contributed by atoms with Gasteiger partial charge in [0.15, 0.2) is 11.1 Å². The number of nitrogens with one attached hydrogen (secondary N) is 1. The van der Waals surface area contributed by atoms with Crippen molar-refractivity contribution in [3.05, 3.63) is 23.8 Å². The van der Waals surface area contributed by atoms with E-state index in [1.165, 1.54) is 6.07 Å². The van der Waals surface area contributed by atoms with Crippen LogP contribution in [0.2, 0.25) is 0 Å². The van der Waals surface area contributed by atoms with Crippen molar-refractivity contribution in [3.63, 3.8) is 0 Å². The molecule has 1 aliphatic rings. The second kappa shape index (κ2) is 3.13. The molecule has 1 aliphatic heterocycles. The number of hydrogen-bond donors (Lipinski definition) is 2. The molecule has 0 radical (unpaired) electrons. The highest BCUT2D eigenvalue weighted by molar-refractivity contribution is 7.90. The maximum Gasteiger partial charge on any atom is 0.242 e. The topological polar surface area (TPSA) is 83.5 Å². The molecule has 14 heavy (non-hydrogen) atoms. The SMILES string of the molecule is O=S(O)c1cccc2c1S(=O)(=O)NC2. The van der Waals surface area contributed by atoms with Crippen LogP contribution in [0, 0.1) is 0 Å². The smallest absolute Gasteiger partial charge is 0.242 e. The van der Waals surface area contributed by atoms with Gasteiger partial charge in [-0.2, -0.15) is 0 Å². The molecule has 1 heterocycles. The Balaban J connectivity index is 2.79.